The Labute approximate surface area is 81.0 Å². The Bertz CT molecular complexity index is 113. The molecule has 0 saturated carbocycles. The molecule has 0 spiro atoms. The van der Waals surface area contributed by atoms with Crippen molar-refractivity contribution in [1.82, 2.24) is 5.32 Å². The third-order valence-corrected chi connectivity index (χ3v) is 2.45. The molecule has 0 aliphatic carbocycles. The fraction of sp³-hybridized carbons (Fsp3) is 1.00. The van der Waals surface area contributed by atoms with Crippen LogP contribution in [-0.4, -0.2) is 32.3 Å². The smallest absolute Gasteiger partial charge is 0.0700 e. The van der Waals surface area contributed by atoms with Gasteiger partial charge in [0.25, 0.3) is 0 Å². The van der Waals surface area contributed by atoms with E-state index in [0.717, 1.165) is 32.7 Å². The molecular weight excluding hydrogens is 164 g/mol. The van der Waals surface area contributed by atoms with E-state index in [0.29, 0.717) is 6.10 Å². The molecule has 1 heterocycles. The molecule has 0 aromatic heterocycles. The molecule has 3 N–H and O–H groups in total. The van der Waals surface area contributed by atoms with Gasteiger partial charge in [0, 0.05) is 13.2 Å². The van der Waals surface area contributed by atoms with Gasteiger partial charge in [-0.15, -0.1) is 0 Å². The maximum atomic E-state index is 5.50. The van der Waals surface area contributed by atoms with Gasteiger partial charge in [-0.25, -0.2) is 0 Å². The quantitative estimate of drug-likeness (QED) is 0.580. The highest BCUT2D eigenvalue weighted by molar-refractivity contribution is 4.67. The van der Waals surface area contributed by atoms with Gasteiger partial charge >= 0.3 is 0 Å². The third-order valence-electron chi connectivity index (χ3n) is 2.45. The molecule has 1 rings (SSSR count). The van der Waals surface area contributed by atoms with Gasteiger partial charge in [-0.2, -0.15) is 0 Å². The highest BCUT2D eigenvalue weighted by Gasteiger charge is 2.13. The van der Waals surface area contributed by atoms with Crippen molar-refractivity contribution < 1.29 is 4.74 Å². The lowest BCUT2D eigenvalue weighted by molar-refractivity contribution is 0.110. The third kappa shape index (κ3) is 5.24. The minimum atomic E-state index is 0.481. The first kappa shape index (κ1) is 11.0. The zero-order valence-corrected chi connectivity index (χ0v) is 8.43. The zero-order chi connectivity index (χ0) is 9.36. The van der Waals surface area contributed by atoms with Crippen molar-refractivity contribution in [2.24, 2.45) is 5.73 Å². The van der Waals surface area contributed by atoms with Crippen LogP contribution in [0.2, 0.25) is 0 Å². The number of nitrogens with one attached hydrogen (secondary N) is 1. The van der Waals surface area contributed by atoms with Crippen LogP contribution in [0.4, 0.5) is 0 Å². The molecule has 0 bridgehead atoms. The van der Waals surface area contributed by atoms with Gasteiger partial charge in [0.05, 0.1) is 6.10 Å². The lowest BCUT2D eigenvalue weighted by Gasteiger charge is -2.10. The van der Waals surface area contributed by atoms with Crippen LogP contribution in [0.5, 0.6) is 0 Å². The fourth-order valence-corrected chi connectivity index (χ4v) is 1.64. The van der Waals surface area contributed by atoms with Crippen LogP contribution in [0.3, 0.4) is 0 Å². The van der Waals surface area contributed by atoms with E-state index in [1.165, 1.54) is 25.7 Å². The van der Waals surface area contributed by atoms with Crippen molar-refractivity contribution in [2.45, 2.75) is 38.2 Å². The minimum Gasteiger partial charge on any atom is -0.377 e. The van der Waals surface area contributed by atoms with E-state index in [4.69, 9.17) is 10.5 Å². The molecule has 3 heteroatoms. The summed E-state index contributed by atoms with van der Waals surface area (Å²) >= 11 is 0. The predicted octanol–water partition coefficient (Wildman–Crippen LogP) is 0.884. The second kappa shape index (κ2) is 7.30. The first-order valence-electron chi connectivity index (χ1n) is 5.46. The van der Waals surface area contributed by atoms with Crippen LogP contribution >= 0.6 is 0 Å². The van der Waals surface area contributed by atoms with Crippen molar-refractivity contribution in [2.75, 3.05) is 26.2 Å². The van der Waals surface area contributed by atoms with E-state index < -0.39 is 0 Å². The molecule has 3 nitrogen and oxygen atoms in total. The number of ether oxygens (including phenoxy) is 1. The Morgan fingerprint density at radius 1 is 1.31 bits per heavy atom. The largest absolute Gasteiger partial charge is 0.377 e. The summed E-state index contributed by atoms with van der Waals surface area (Å²) in [6.07, 6.45) is 6.59. The number of nitrogens with two attached hydrogens (primary N) is 1. The molecule has 0 aromatic rings. The minimum absolute atomic E-state index is 0.481. The van der Waals surface area contributed by atoms with Crippen LogP contribution in [-0.2, 0) is 4.74 Å². The SMILES string of the molecule is NCCCCCNCC1CCCO1. The van der Waals surface area contributed by atoms with Crippen molar-refractivity contribution in [3.63, 3.8) is 0 Å². The normalized spacial score (nSPS) is 22.4. The topological polar surface area (TPSA) is 47.3 Å². The average molecular weight is 186 g/mol. The Kier molecular flexibility index (Phi) is 6.15. The Hall–Kier alpha value is -0.120. The highest BCUT2D eigenvalue weighted by Crippen LogP contribution is 2.10. The maximum Gasteiger partial charge on any atom is 0.0700 e. The standard InChI is InChI=1S/C10H22N2O/c11-6-2-1-3-7-12-9-10-5-4-8-13-10/h10,12H,1-9,11H2. The van der Waals surface area contributed by atoms with Crippen molar-refractivity contribution >= 4 is 0 Å². The molecule has 0 aromatic carbocycles. The molecular formula is C10H22N2O. The Balaban J connectivity index is 1.78. The van der Waals surface area contributed by atoms with E-state index in [1.807, 2.05) is 0 Å². The van der Waals surface area contributed by atoms with Gasteiger partial charge < -0.3 is 15.8 Å². The van der Waals surface area contributed by atoms with E-state index in [9.17, 15) is 0 Å². The van der Waals surface area contributed by atoms with Crippen molar-refractivity contribution in [3.8, 4) is 0 Å². The summed E-state index contributed by atoms with van der Waals surface area (Å²) in [6, 6.07) is 0. The molecule has 1 aliphatic rings. The van der Waals surface area contributed by atoms with Crippen LogP contribution in [0.25, 0.3) is 0 Å². The second-order valence-corrected chi connectivity index (χ2v) is 3.69. The van der Waals surface area contributed by atoms with Gasteiger partial charge in [0.2, 0.25) is 0 Å². The summed E-state index contributed by atoms with van der Waals surface area (Å²) < 4.78 is 5.50. The van der Waals surface area contributed by atoms with Crippen molar-refractivity contribution in [1.29, 1.82) is 0 Å². The molecule has 1 unspecified atom stereocenters. The molecule has 1 saturated heterocycles. The number of unbranched alkanes of at least 4 members (excludes halogenated alkanes) is 2. The van der Waals surface area contributed by atoms with Gasteiger partial charge in [-0.3, -0.25) is 0 Å². The van der Waals surface area contributed by atoms with Crippen molar-refractivity contribution in [3.05, 3.63) is 0 Å². The molecule has 0 radical (unpaired) electrons. The van der Waals surface area contributed by atoms with E-state index in [1.54, 1.807) is 0 Å². The fourth-order valence-electron chi connectivity index (χ4n) is 1.64. The first-order valence-corrected chi connectivity index (χ1v) is 5.46. The van der Waals surface area contributed by atoms with E-state index in [2.05, 4.69) is 5.32 Å². The molecule has 1 fully saturated rings. The number of hydrogen-bond donors (Lipinski definition) is 2. The molecule has 78 valence electrons. The van der Waals surface area contributed by atoms with Crippen LogP contribution in [0.15, 0.2) is 0 Å². The summed E-state index contributed by atoms with van der Waals surface area (Å²) in [7, 11) is 0. The summed E-state index contributed by atoms with van der Waals surface area (Å²) in [5.41, 5.74) is 5.40. The first-order chi connectivity index (χ1) is 6.43. The molecule has 13 heavy (non-hydrogen) atoms. The number of hydrogen-bond acceptors (Lipinski definition) is 3. The van der Waals surface area contributed by atoms with E-state index in [-0.39, 0.29) is 0 Å². The van der Waals surface area contributed by atoms with Gasteiger partial charge in [0.1, 0.15) is 0 Å². The van der Waals surface area contributed by atoms with Gasteiger partial charge in [0.15, 0.2) is 0 Å². The van der Waals surface area contributed by atoms with Gasteiger partial charge in [-0.1, -0.05) is 6.42 Å². The molecule has 1 aliphatic heterocycles. The van der Waals surface area contributed by atoms with Crippen LogP contribution in [0, 0.1) is 0 Å². The summed E-state index contributed by atoms with van der Waals surface area (Å²) in [5, 5.41) is 3.42. The maximum absolute atomic E-state index is 5.50. The number of rotatable bonds is 7. The second-order valence-electron chi connectivity index (χ2n) is 3.69. The lowest BCUT2D eigenvalue weighted by atomic mass is 10.2. The molecule has 1 atom stereocenters. The average Bonchev–Trinajstić information content (AvgIpc) is 2.63. The Morgan fingerprint density at radius 3 is 2.92 bits per heavy atom. The van der Waals surface area contributed by atoms with E-state index >= 15 is 0 Å². The van der Waals surface area contributed by atoms with Crippen LogP contribution in [0.1, 0.15) is 32.1 Å². The van der Waals surface area contributed by atoms with Crippen LogP contribution < -0.4 is 11.1 Å². The monoisotopic (exact) mass is 186 g/mol. The summed E-state index contributed by atoms with van der Waals surface area (Å²) in [4.78, 5) is 0. The Morgan fingerprint density at radius 2 is 2.23 bits per heavy atom. The predicted molar refractivity (Wildman–Crippen MR) is 54.7 cm³/mol. The summed E-state index contributed by atoms with van der Waals surface area (Å²) in [5.74, 6) is 0. The summed E-state index contributed by atoms with van der Waals surface area (Å²) in [6.45, 7) is 3.92. The molecule has 0 amide bonds. The zero-order valence-electron chi connectivity index (χ0n) is 8.43. The lowest BCUT2D eigenvalue weighted by Crippen LogP contribution is -2.27. The van der Waals surface area contributed by atoms with Gasteiger partial charge in [-0.05, 0) is 38.8 Å². The highest BCUT2D eigenvalue weighted by atomic mass is 16.5.